The van der Waals surface area contributed by atoms with Crippen molar-refractivity contribution in [2.45, 2.75) is 95.8 Å². The maximum Gasteiger partial charge on any atom is 0.0911 e. The predicted octanol–water partition coefficient (Wildman–Crippen LogP) is 4.21. The second kappa shape index (κ2) is 5.79. The molecule has 3 heteroatoms. The summed E-state index contributed by atoms with van der Waals surface area (Å²) in [6, 6.07) is 0. The Morgan fingerprint density at radius 2 is 1.68 bits per heavy atom. The summed E-state index contributed by atoms with van der Waals surface area (Å²) in [5.41, 5.74) is -0.661. The molecule has 0 unspecified atom stereocenters. The van der Waals surface area contributed by atoms with Gasteiger partial charge in [-0.1, -0.05) is 6.92 Å². The predicted molar refractivity (Wildman–Crippen MR) is 102 cm³/mol. The molecule has 2 N–H and O–H groups in total. The minimum absolute atomic E-state index is 0.108. The molecule has 0 bridgehead atoms. The number of nitrogens with zero attached hydrogens (tertiary/aromatic N) is 1. The molecule has 0 radical (unpaired) electrons. The van der Waals surface area contributed by atoms with Crippen molar-refractivity contribution in [1.82, 2.24) is 0 Å². The summed E-state index contributed by atoms with van der Waals surface area (Å²) >= 11 is 0. The van der Waals surface area contributed by atoms with Crippen LogP contribution in [0.15, 0.2) is 4.99 Å². The number of hydrogen-bond donors (Lipinski definition) is 2. The van der Waals surface area contributed by atoms with Gasteiger partial charge in [0.1, 0.15) is 0 Å². The van der Waals surface area contributed by atoms with Crippen LogP contribution in [0.4, 0.5) is 0 Å². The Labute approximate surface area is 153 Å². The van der Waals surface area contributed by atoms with E-state index in [1.54, 1.807) is 0 Å². The number of fused-ring (bicyclic) bond motifs is 5. The van der Waals surface area contributed by atoms with Gasteiger partial charge in [-0.15, -0.1) is 0 Å². The summed E-state index contributed by atoms with van der Waals surface area (Å²) in [7, 11) is 0. The molecule has 0 aromatic rings. The van der Waals surface area contributed by atoms with Crippen molar-refractivity contribution in [1.29, 1.82) is 0 Å². The van der Waals surface area contributed by atoms with Crippen LogP contribution in [0.3, 0.4) is 0 Å². The van der Waals surface area contributed by atoms with Gasteiger partial charge < -0.3 is 10.2 Å². The third kappa shape index (κ3) is 2.41. The summed E-state index contributed by atoms with van der Waals surface area (Å²) in [6.45, 7) is 10.3. The molecule has 9 atom stereocenters. The van der Waals surface area contributed by atoms with Crippen molar-refractivity contribution < 1.29 is 10.2 Å². The van der Waals surface area contributed by atoms with Crippen molar-refractivity contribution in [3.63, 3.8) is 0 Å². The topological polar surface area (TPSA) is 52.8 Å². The normalized spacial score (nSPS) is 56.4. The van der Waals surface area contributed by atoms with Crippen LogP contribution in [-0.2, 0) is 0 Å². The zero-order valence-corrected chi connectivity index (χ0v) is 16.4. The van der Waals surface area contributed by atoms with Gasteiger partial charge in [0.15, 0.2) is 0 Å². The van der Waals surface area contributed by atoms with Crippen molar-refractivity contribution in [3.8, 4) is 0 Å². The molecule has 4 saturated carbocycles. The molecule has 0 aliphatic heterocycles. The smallest absolute Gasteiger partial charge is 0.0911 e. The Balaban J connectivity index is 1.60. The van der Waals surface area contributed by atoms with E-state index in [9.17, 15) is 10.2 Å². The summed E-state index contributed by atoms with van der Waals surface area (Å²) in [5.74, 6) is 3.87. The van der Waals surface area contributed by atoms with Crippen molar-refractivity contribution in [2.24, 2.45) is 40.0 Å². The highest BCUT2D eigenvalue weighted by atomic mass is 16.3. The van der Waals surface area contributed by atoms with Crippen LogP contribution in [0.2, 0.25) is 0 Å². The Bertz CT molecular complexity index is 544. The van der Waals surface area contributed by atoms with Gasteiger partial charge in [0.05, 0.1) is 17.2 Å². The molecular formula is C22H37NO2. The van der Waals surface area contributed by atoms with Gasteiger partial charge in [0.2, 0.25) is 0 Å². The van der Waals surface area contributed by atoms with E-state index < -0.39 is 11.7 Å². The molecule has 0 saturated heterocycles. The first-order valence-electron chi connectivity index (χ1n) is 10.6. The van der Waals surface area contributed by atoms with Crippen LogP contribution < -0.4 is 0 Å². The van der Waals surface area contributed by atoms with E-state index in [4.69, 9.17) is 0 Å². The minimum Gasteiger partial charge on any atom is -0.391 e. The lowest BCUT2D eigenvalue weighted by molar-refractivity contribution is -0.111. The first-order valence-corrected chi connectivity index (χ1v) is 10.6. The standard InChI is InChI=1S/C22H37NO2/c1-14(24)22(23-4)12-9-19-18-6-5-15-13-20(2,25)10-7-16(15)17(18)8-11-21(19,22)3/h14-19,24-25H,4-13H2,1-3H3/t14-,15-,16+,17-,18-,19+,20-,21+,22+/m1/s1. The summed E-state index contributed by atoms with van der Waals surface area (Å²) in [5, 5.41) is 21.1. The van der Waals surface area contributed by atoms with E-state index >= 15 is 0 Å². The zero-order chi connectivity index (χ0) is 18.0. The third-order valence-corrected chi connectivity index (χ3v) is 9.43. The van der Waals surface area contributed by atoms with Crippen molar-refractivity contribution in [2.75, 3.05) is 0 Å². The van der Waals surface area contributed by atoms with Gasteiger partial charge in [-0.05, 0) is 113 Å². The first kappa shape index (κ1) is 18.0. The molecule has 0 aromatic carbocycles. The molecule has 4 rings (SSSR count). The molecular weight excluding hydrogens is 310 g/mol. The average Bonchev–Trinajstić information content (AvgIpc) is 2.87. The van der Waals surface area contributed by atoms with Crippen molar-refractivity contribution in [3.05, 3.63) is 0 Å². The maximum absolute atomic E-state index is 10.6. The Morgan fingerprint density at radius 3 is 2.36 bits per heavy atom. The quantitative estimate of drug-likeness (QED) is 0.735. The fourth-order valence-electron chi connectivity index (χ4n) is 8.21. The molecule has 0 heterocycles. The number of aliphatic imine (C=N–C) groups is 1. The second-order valence-corrected chi connectivity index (χ2v) is 10.4. The number of rotatable bonds is 2. The summed E-state index contributed by atoms with van der Waals surface area (Å²) in [6.07, 6.45) is 10.1. The lowest BCUT2D eigenvalue weighted by Gasteiger charge is -2.58. The van der Waals surface area contributed by atoms with Crippen LogP contribution in [0.25, 0.3) is 0 Å². The van der Waals surface area contributed by atoms with Crippen LogP contribution in [0.5, 0.6) is 0 Å². The monoisotopic (exact) mass is 347 g/mol. The van der Waals surface area contributed by atoms with E-state index in [0.717, 1.165) is 42.9 Å². The number of aliphatic hydroxyl groups excluding tert-OH is 1. The molecule has 142 valence electrons. The first-order chi connectivity index (χ1) is 11.7. The number of hydrogen-bond acceptors (Lipinski definition) is 3. The lowest BCUT2D eigenvalue weighted by Crippen LogP contribution is -2.57. The van der Waals surface area contributed by atoms with Gasteiger partial charge in [0, 0.05) is 0 Å². The fraction of sp³-hybridized carbons (Fsp3) is 0.955. The minimum atomic E-state index is -0.432. The molecule has 0 aromatic heterocycles. The molecule has 0 amide bonds. The van der Waals surface area contributed by atoms with E-state index in [-0.39, 0.29) is 11.0 Å². The molecule has 3 nitrogen and oxygen atoms in total. The number of aliphatic hydroxyl groups is 2. The molecule has 4 fully saturated rings. The van der Waals surface area contributed by atoms with Crippen LogP contribution in [0.1, 0.15) is 78.6 Å². The van der Waals surface area contributed by atoms with Crippen LogP contribution in [-0.4, -0.2) is 34.2 Å². The fourth-order valence-corrected chi connectivity index (χ4v) is 8.21. The maximum atomic E-state index is 10.6. The van der Waals surface area contributed by atoms with Crippen molar-refractivity contribution >= 4 is 6.72 Å². The Kier molecular flexibility index (Phi) is 4.16. The van der Waals surface area contributed by atoms with E-state index in [2.05, 4.69) is 18.6 Å². The van der Waals surface area contributed by atoms with Crippen LogP contribution >= 0.6 is 0 Å². The van der Waals surface area contributed by atoms with Gasteiger partial charge in [-0.25, -0.2) is 0 Å². The second-order valence-electron chi connectivity index (χ2n) is 10.4. The average molecular weight is 348 g/mol. The summed E-state index contributed by atoms with van der Waals surface area (Å²) in [4.78, 5) is 4.58. The molecule has 25 heavy (non-hydrogen) atoms. The lowest BCUT2D eigenvalue weighted by atomic mass is 9.48. The van der Waals surface area contributed by atoms with E-state index in [1.165, 1.54) is 38.5 Å². The van der Waals surface area contributed by atoms with Crippen LogP contribution in [0, 0.1) is 35.0 Å². The molecule has 4 aliphatic rings. The van der Waals surface area contributed by atoms with Gasteiger partial charge >= 0.3 is 0 Å². The van der Waals surface area contributed by atoms with E-state index in [0.29, 0.717) is 5.92 Å². The Hall–Kier alpha value is -0.410. The highest BCUT2D eigenvalue weighted by molar-refractivity contribution is 5.30. The van der Waals surface area contributed by atoms with Gasteiger partial charge in [-0.3, -0.25) is 4.99 Å². The third-order valence-electron chi connectivity index (χ3n) is 9.43. The largest absolute Gasteiger partial charge is 0.391 e. The molecule has 4 aliphatic carbocycles. The highest BCUT2D eigenvalue weighted by Gasteiger charge is 2.64. The van der Waals surface area contributed by atoms with E-state index in [1.807, 2.05) is 13.8 Å². The Morgan fingerprint density at radius 1 is 0.960 bits per heavy atom. The molecule has 0 spiro atoms. The van der Waals surface area contributed by atoms with Gasteiger partial charge in [-0.2, -0.15) is 0 Å². The highest BCUT2D eigenvalue weighted by Crippen LogP contribution is 2.67. The van der Waals surface area contributed by atoms with Gasteiger partial charge in [0.25, 0.3) is 0 Å². The SMILES string of the molecule is C=N[C@]1([C@@H](C)O)CC[C@H]2[C@@H]3CC[C@@H]4C[C@](C)(O)CC[C@@H]4[C@H]3CC[C@@]21C. The zero-order valence-electron chi connectivity index (χ0n) is 16.4. The summed E-state index contributed by atoms with van der Waals surface area (Å²) < 4.78 is 0.